The lowest BCUT2D eigenvalue weighted by atomic mass is 10.4. The fourth-order valence-corrected chi connectivity index (χ4v) is 2.38. The standard InChI is InChI=1S/C13H11NO3S/c15-10-5-7-14(8-6-10)9-12-2-1-11(18-12)3-4-13(16)17/h1-8H,9H2,(H,16,17)/b4-3+. The Morgan fingerprint density at radius 2 is 2.00 bits per heavy atom. The highest BCUT2D eigenvalue weighted by Gasteiger charge is 1.99. The van der Waals surface area contributed by atoms with Gasteiger partial charge >= 0.3 is 5.97 Å². The maximum Gasteiger partial charge on any atom is 0.328 e. The summed E-state index contributed by atoms with van der Waals surface area (Å²) < 4.78 is 1.90. The summed E-state index contributed by atoms with van der Waals surface area (Å²) in [7, 11) is 0. The minimum Gasteiger partial charge on any atom is -0.478 e. The number of aliphatic carboxylic acids is 1. The van der Waals surface area contributed by atoms with Crippen LogP contribution in [0.3, 0.4) is 0 Å². The Morgan fingerprint density at radius 3 is 2.67 bits per heavy atom. The van der Waals surface area contributed by atoms with Crippen LogP contribution in [-0.2, 0) is 11.3 Å². The Hall–Kier alpha value is -2.14. The third-order valence-corrected chi connectivity index (χ3v) is 3.31. The zero-order chi connectivity index (χ0) is 13.0. The maximum atomic E-state index is 11.0. The second-order valence-electron chi connectivity index (χ2n) is 3.68. The van der Waals surface area contributed by atoms with Crippen LogP contribution in [0.1, 0.15) is 9.75 Å². The number of rotatable bonds is 4. The lowest BCUT2D eigenvalue weighted by Crippen LogP contribution is -2.03. The van der Waals surface area contributed by atoms with Crippen molar-refractivity contribution in [2.24, 2.45) is 0 Å². The van der Waals surface area contributed by atoms with Crippen LogP contribution < -0.4 is 5.43 Å². The summed E-state index contributed by atoms with van der Waals surface area (Å²) >= 11 is 1.52. The SMILES string of the molecule is O=C(O)/C=C/c1ccc(Cn2ccc(=O)cc2)s1. The van der Waals surface area contributed by atoms with Gasteiger partial charge in [0.2, 0.25) is 0 Å². The molecular weight excluding hydrogens is 250 g/mol. The first-order chi connectivity index (χ1) is 8.63. The molecule has 0 amide bonds. The molecule has 2 heterocycles. The summed E-state index contributed by atoms with van der Waals surface area (Å²) in [6, 6.07) is 6.85. The Balaban J connectivity index is 2.09. The average molecular weight is 261 g/mol. The Bertz CT molecular complexity index is 619. The van der Waals surface area contributed by atoms with Crippen LogP contribution >= 0.6 is 11.3 Å². The van der Waals surface area contributed by atoms with Crippen LogP contribution in [0, 0.1) is 0 Å². The second kappa shape index (κ2) is 5.46. The zero-order valence-corrected chi connectivity index (χ0v) is 10.3. The summed E-state index contributed by atoms with van der Waals surface area (Å²) in [4.78, 5) is 23.3. The van der Waals surface area contributed by atoms with E-state index in [1.54, 1.807) is 18.5 Å². The molecule has 0 saturated heterocycles. The third kappa shape index (κ3) is 3.43. The average Bonchev–Trinajstić information content (AvgIpc) is 2.77. The molecule has 1 N–H and O–H groups in total. The molecule has 0 unspecified atom stereocenters. The first-order valence-corrected chi connectivity index (χ1v) is 6.11. The van der Waals surface area contributed by atoms with Crippen molar-refractivity contribution in [2.45, 2.75) is 6.54 Å². The summed E-state index contributed by atoms with van der Waals surface area (Å²) in [6.07, 6.45) is 6.15. The minimum absolute atomic E-state index is 0.0116. The molecule has 0 aliphatic carbocycles. The van der Waals surface area contributed by atoms with Crippen molar-refractivity contribution < 1.29 is 9.90 Å². The van der Waals surface area contributed by atoms with Gasteiger partial charge in [-0.25, -0.2) is 4.79 Å². The van der Waals surface area contributed by atoms with Gasteiger partial charge in [-0.3, -0.25) is 4.79 Å². The van der Waals surface area contributed by atoms with E-state index in [1.165, 1.54) is 23.5 Å². The van der Waals surface area contributed by atoms with Crippen molar-refractivity contribution in [3.05, 3.63) is 62.7 Å². The van der Waals surface area contributed by atoms with E-state index < -0.39 is 5.97 Å². The number of carboxylic acids is 1. The predicted octanol–water partition coefficient (Wildman–Crippen LogP) is 2.06. The number of hydrogen-bond acceptors (Lipinski definition) is 3. The van der Waals surface area contributed by atoms with E-state index in [4.69, 9.17) is 5.11 Å². The number of carbonyl (C=O) groups is 1. The highest BCUT2D eigenvalue weighted by molar-refractivity contribution is 7.12. The number of pyridine rings is 1. The third-order valence-electron chi connectivity index (χ3n) is 2.27. The van der Waals surface area contributed by atoms with Gasteiger partial charge in [0.25, 0.3) is 0 Å². The number of hydrogen-bond donors (Lipinski definition) is 1. The van der Waals surface area contributed by atoms with Crippen LogP contribution in [0.4, 0.5) is 0 Å². The maximum absolute atomic E-state index is 11.0. The smallest absolute Gasteiger partial charge is 0.328 e. The molecule has 0 saturated carbocycles. The minimum atomic E-state index is -0.953. The van der Waals surface area contributed by atoms with E-state index in [-0.39, 0.29) is 5.43 Å². The van der Waals surface area contributed by atoms with Gasteiger partial charge in [0, 0.05) is 40.4 Å². The van der Waals surface area contributed by atoms with Crippen LogP contribution in [-0.4, -0.2) is 15.6 Å². The van der Waals surface area contributed by atoms with Crippen LogP contribution in [0.2, 0.25) is 0 Å². The summed E-state index contributed by atoms with van der Waals surface area (Å²) in [5, 5.41) is 8.53. The monoisotopic (exact) mass is 261 g/mol. The Kier molecular flexibility index (Phi) is 3.74. The summed E-state index contributed by atoms with van der Waals surface area (Å²) in [5.41, 5.74) is -0.0116. The fraction of sp³-hybridized carbons (Fsp3) is 0.0769. The van der Waals surface area contributed by atoms with E-state index in [0.29, 0.717) is 6.54 Å². The number of carboxylic acid groups (broad SMARTS) is 1. The second-order valence-corrected chi connectivity index (χ2v) is 4.88. The van der Waals surface area contributed by atoms with E-state index in [1.807, 2.05) is 16.7 Å². The topological polar surface area (TPSA) is 59.3 Å². The van der Waals surface area contributed by atoms with Gasteiger partial charge < -0.3 is 9.67 Å². The van der Waals surface area contributed by atoms with Crippen molar-refractivity contribution in [3.63, 3.8) is 0 Å². The van der Waals surface area contributed by atoms with Gasteiger partial charge in [-0.2, -0.15) is 0 Å². The molecule has 92 valence electrons. The molecule has 0 atom stereocenters. The molecule has 2 aromatic rings. The van der Waals surface area contributed by atoms with Crippen molar-refractivity contribution in [3.8, 4) is 0 Å². The number of thiophene rings is 1. The first kappa shape index (κ1) is 12.3. The molecule has 0 spiro atoms. The van der Waals surface area contributed by atoms with Crippen molar-refractivity contribution in [1.82, 2.24) is 4.57 Å². The highest BCUT2D eigenvalue weighted by atomic mass is 32.1. The van der Waals surface area contributed by atoms with Gasteiger partial charge in [-0.1, -0.05) is 0 Å². The molecular formula is C13H11NO3S. The molecule has 0 aliphatic heterocycles. The van der Waals surface area contributed by atoms with Crippen LogP contribution in [0.5, 0.6) is 0 Å². The Labute approximate surface area is 107 Å². The summed E-state index contributed by atoms with van der Waals surface area (Å²) in [6.45, 7) is 0.672. The van der Waals surface area contributed by atoms with Gasteiger partial charge in [0.05, 0.1) is 6.54 Å². The van der Waals surface area contributed by atoms with Crippen LogP contribution in [0.15, 0.2) is 47.5 Å². The molecule has 0 aliphatic rings. The summed E-state index contributed by atoms with van der Waals surface area (Å²) in [5.74, 6) is -0.953. The quantitative estimate of drug-likeness (QED) is 0.857. The lowest BCUT2D eigenvalue weighted by molar-refractivity contribution is -0.131. The molecule has 5 heteroatoms. The largest absolute Gasteiger partial charge is 0.478 e. The first-order valence-electron chi connectivity index (χ1n) is 5.29. The molecule has 4 nitrogen and oxygen atoms in total. The molecule has 18 heavy (non-hydrogen) atoms. The number of aromatic nitrogens is 1. The number of nitrogens with zero attached hydrogens (tertiary/aromatic N) is 1. The molecule has 0 bridgehead atoms. The molecule has 0 aromatic carbocycles. The van der Waals surface area contributed by atoms with E-state index in [9.17, 15) is 9.59 Å². The zero-order valence-electron chi connectivity index (χ0n) is 9.45. The molecule has 0 fully saturated rings. The van der Waals surface area contributed by atoms with Crippen molar-refractivity contribution in [1.29, 1.82) is 0 Å². The van der Waals surface area contributed by atoms with E-state index in [2.05, 4.69) is 0 Å². The van der Waals surface area contributed by atoms with Crippen molar-refractivity contribution in [2.75, 3.05) is 0 Å². The van der Waals surface area contributed by atoms with Gasteiger partial charge in [0.15, 0.2) is 5.43 Å². The molecule has 2 rings (SSSR count). The van der Waals surface area contributed by atoms with Gasteiger partial charge in [-0.15, -0.1) is 11.3 Å². The molecule has 0 radical (unpaired) electrons. The fourth-order valence-electron chi connectivity index (χ4n) is 1.45. The van der Waals surface area contributed by atoms with E-state index >= 15 is 0 Å². The Morgan fingerprint density at radius 1 is 1.28 bits per heavy atom. The highest BCUT2D eigenvalue weighted by Crippen LogP contribution is 2.18. The van der Waals surface area contributed by atoms with Crippen LogP contribution in [0.25, 0.3) is 6.08 Å². The molecule has 2 aromatic heterocycles. The van der Waals surface area contributed by atoms with Gasteiger partial charge in [0.1, 0.15) is 0 Å². The lowest BCUT2D eigenvalue weighted by Gasteiger charge is -2.02. The van der Waals surface area contributed by atoms with E-state index in [0.717, 1.165) is 15.8 Å². The van der Waals surface area contributed by atoms with Gasteiger partial charge in [-0.05, 0) is 18.2 Å². The normalized spacial score (nSPS) is 10.9. The predicted molar refractivity (Wildman–Crippen MR) is 70.8 cm³/mol. The van der Waals surface area contributed by atoms with Crippen molar-refractivity contribution >= 4 is 23.4 Å².